The zero-order valence-electron chi connectivity index (χ0n) is 10.3. The Kier molecular flexibility index (Phi) is 3.16. The SMILES string of the molecule is Cc1c(C(=O)C2CCCC2)sc2ccc(Cl)cc12. The maximum absolute atomic E-state index is 12.5. The molecule has 0 bridgehead atoms. The van der Waals surface area contributed by atoms with E-state index in [9.17, 15) is 4.79 Å². The highest BCUT2D eigenvalue weighted by atomic mass is 35.5. The van der Waals surface area contributed by atoms with Crippen molar-refractivity contribution in [1.82, 2.24) is 0 Å². The first kappa shape index (κ1) is 12.2. The Morgan fingerprint density at radius 2 is 2.06 bits per heavy atom. The van der Waals surface area contributed by atoms with Crippen LogP contribution in [0.2, 0.25) is 5.02 Å². The molecule has 1 aliphatic carbocycles. The number of ketones is 1. The van der Waals surface area contributed by atoms with Crippen LogP contribution in [-0.2, 0) is 0 Å². The van der Waals surface area contributed by atoms with Crippen molar-refractivity contribution in [2.75, 3.05) is 0 Å². The summed E-state index contributed by atoms with van der Waals surface area (Å²) in [4.78, 5) is 13.4. The number of hydrogen-bond acceptors (Lipinski definition) is 2. The van der Waals surface area contributed by atoms with Crippen molar-refractivity contribution in [2.24, 2.45) is 5.92 Å². The normalized spacial score (nSPS) is 16.6. The highest BCUT2D eigenvalue weighted by molar-refractivity contribution is 7.21. The third-order valence-corrected chi connectivity index (χ3v) is 5.37. The molecule has 0 saturated heterocycles. The molecule has 0 atom stereocenters. The highest BCUT2D eigenvalue weighted by Gasteiger charge is 2.26. The summed E-state index contributed by atoms with van der Waals surface area (Å²) in [6.07, 6.45) is 4.53. The summed E-state index contributed by atoms with van der Waals surface area (Å²) in [6.45, 7) is 2.04. The molecule has 1 fully saturated rings. The lowest BCUT2D eigenvalue weighted by Gasteiger charge is -2.06. The standard InChI is InChI=1S/C15H15ClOS/c1-9-12-8-11(16)6-7-13(12)18-15(9)14(17)10-4-2-3-5-10/h6-8,10H,2-5H2,1H3. The van der Waals surface area contributed by atoms with E-state index in [1.54, 1.807) is 11.3 Å². The van der Waals surface area contributed by atoms with Crippen LogP contribution in [0.15, 0.2) is 18.2 Å². The van der Waals surface area contributed by atoms with Gasteiger partial charge in [0.1, 0.15) is 0 Å². The smallest absolute Gasteiger partial charge is 0.176 e. The first-order valence-electron chi connectivity index (χ1n) is 6.39. The Balaban J connectivity index is 2.06. The van der Waals surface area contributed by atoms with E-state index in [0.29, 0.717) is 5.78 Å². The summed E-state index contributed by atoms with van der Waals surface area (Å²) in [6, 6.07) is 5.87. The molecule has 1 aromatic carbocycles. The number of aryl methyl sites for hydroxylation is 1. The first-order valence-corrected chi connectivity index (χ1v) is 7.59. The van der Waals surface area contributed by atoms with Crippen LogP contribution in [0.25, 0.3) is 10.1 Å². The maximum atomic E-state index is 12.5. The van der Waals surface area contributed by atoms with Gasteiger partial charge in [-0.05, 0) is 48.9 Å². The molecule has 1 saturated carbocycles. The summed E-state index contributed by atoms with van der Waals surface area (Å²) >= 11 is 7.65. The Morgan fingerprint density at radius 1 is 1.33 bits per heavy atom. The van der Waals surface area contributed by atoms with Crippen LogP contribution in [-0.4, -0.2) is 5.78 Å². The van der Waals surface area contributed by atoms with Crippen LogP contribution >= 0.6 is 22.9 Å². The topological polar surface area (TPSA) is 17.1 Å². The van der Waals surface area contributed by atoms with Gasteiger partial charge in [-0.1, -0.05) is 24.4 Å². The van der Waals surface area contributed by atoms with Crippen molar-refractivity contribution in [3.8, 4) is 0 Å². The minimum absolute atomic E-state index is 0.257. The van der Waals surface area contributed by atoms with Gasteiger partial charge in [0.2, 0.25) is 0 Å². The van der Waals surface area contributed by atoms with Crippen LogP contribution in [0.5, 0.6) is 0 Å². The molecule has 18 heavy (non-hydrogen) atoms. The molecule has 0 radical (unpaired) electrons. The Hall–Kier alpha value is -0.860. The first-order chi connectivity index (χ1) is 8.66. The van der Waals surface area contributed by atoms with Crippen LogP contribution < -0.4 is 0 Å². The molecule has 1 heterocycles. The van der Waals surface area contributed by atoms with Crippen LogP contribution in [0, 0.1) is 12.8 Å². The Labute approximate surface area is 116 Å². The Morgan fingerprint density at radius 3 is 2.78 bits per heavy atom. The zero-order chi connectivity index (χ0) is 12.7. The fourth-order valence-corrected chi connectivity index (χ4v) is 4.18. The summed E-state index contributed by atoms with van der Waals surface area (Å²) in [5, 5.41) is 1.87. The third kappa shape index (κ3) is 1.98. The molecule has 2 aromatic rings. The molecule has 0 N–H and O–H groups in total. The van der Waals surface area contributed by atoms with Gasteiger partial charge in [-0.15, -0.1) is 11.3 Å². The number of halogens is 1. The summed E-state index contributed by atoms with van der Waals surface area (Å²) < 4.78 is 1.17. The average molecular weight is 279 g/mol. The molecule has 0 unspecified atom stereocenters. The predicted octanol–water partition coefficient (Wildman–Crippen LogP) is 5.24. The van der Waals surface area contributed by atoms with E-state index in [4.69, 9.17) is 11.6 Å². The maximum Gasteiger partial charge on any atom is 0.176 e. The second-order valence-corrected chi connectivity index (χ2v) is 6.53. The van der Waals surface area contributed by atoms with Gasteiger partial charge in [0, 0.05) is 15.6 Å². The molecule has 1 aromatic heterocycles. The van der Waals surface area contributed by atoms with Crippen LogP contribution in [0.4, 0.5) is 0 Å². The molecule has 94 valence electrons. The monoisotopic (exact) mass is 278 g/mol. The van der Waals surface area contributed by atoms with Crippen molar-refractivity contribution >= 4 is 38.8 Å². The molecule has 0 amide bonds. The Bertz CT molecular complexity index is 608. The van der Waals surface area contributed by atoms with E-state index in [0.717, 1.165) is 33.7 Å². The molecule has 3 heteroatoms. The number of thiophene rings is 1. The van der Waals surface area contributed by atoms with Crippen molar-refractivity contribution in [3.63, 3.8) is 0 Å². The number of rotatable bonds is 2. The number of carbonyl (C=O) groups excluding carboxylic acids is 1. The van der Waals surface area contributed by atoms with Gasteiger partial charge in [-0.25, -0.2) is 0 Å². The molecular weight excluding hydrogens is 264 g/mol. The molecule has 1 nitrogen and oxygen atoms in total. The predicted molar refractivity (Wildman–Crippen MR) is 77.9 cm³/mol. The second-order valence-electron chi connectivity index (χ2n) is 5.04. The van der Waals surface area contributed by atoms with Gasteiger partial charge in [0.05, 0.1) is 4.88 Å². The van der Waals surface area contributed by atoms with E-state index in [2.05, 4.69) is 0 Å². The van der Waals surface area contributed by atoms with Crippen molar-refractivity contribution in [2.45, 2.75) is 32.6 Å². The summed E-state index contributed by atoms with van der Waals surface area (Å²) in [7, 11) is 0. The molecule has 1 aliphatic rings. The average Bonchev–Trinajstić information content (AvgIpc) is 2.98. The number of fused-ring (bicyclic) bond motifs is 1. The van der Waals surface area contributed by atoms with Gasteiger partial charge in [0.25, 0.3) is 0 Å². The number of benzene rings is 1. The second kappa shape index (κ2) is 4.67. The largest absolute Gasteiger partial charge is 0.293 e. The van der Waals surface area contributed by atoms with Gasteiger partial charge < -0.3 is 0 Å². The molecule has 0 spiro atoms. The van der Waals surface area contributed by atoms with Crippen molar-refractivity contribution in [3.05, 3.63) is 33.7 Å². The van der Waals surface area contributed by atoms with E-state index in [-0.39, 0.29) is 5.92 Å². The van der Waals surface area contributed by atoms with Gasteiger partial charge in [-0.3, -0.25) is 4.79 Å². The van der Waals surface area contributed by atoms with Gasteiger partial charge >= 0.3 is 0 Å². The lowest BCUT2D eigenvalue weighted by molar-refractivity contribution is 0.0926. The van der Waals surface area contributed by atoms with Crippen molar-refractivity contribution in [1.29, 1.82) is 0 Å². The van der Waals surface area contributed by atoms with Crippen molar-refractivity contribution < 1.29 is 4.79 Å². The van der Waals surface area contributed by atoms with Gasteiger partial charge in [-0.2, -0.15) is 0 Å². The zero-order valence-corrected chi connectivity index (χ0v) is 11.9. The highest BCUT2D eigenvalue weighted by Crippen LogP contribution is 2.37. The number of hydrogen-bond donors (Lipinski definition) is 0. The minimum atomic E-state index is 0.257. The quantitative estimate of drug-likeness (QED) is 0.687. The summed E-state index contributed by atoms with van der Waals surface area (Å²) in [5.74, 6) is 0.606. The van der Waals surface area contributed by atoms with E-state index in [1.807, 2.05) is 25.1 Å². The molecular formula is C15H15ClOS. The van der Waals surface area contributed by atoms with E-state index in [1.165, 1.54) is 17.5 Å². The fourth-order valence-electron chi connectivity index (χ4n) is 2.80. The van der Waals surface area contributed by atoms with E-state index < -0.39 is 0 Å². The summed E-state index contributed by atoms with van der Waals surface area (Å²) in [5.41, 5.74) is 1.11. The van der Waals surface area contributed by atoms with E-state index >= 15 is 0 Å². The lowest BCUT2D eigenvalue weighted by Crippen LogP contribution is -2.10. The van der Waals surface area contributed by atoms with Crippen LogP contribution in [0.3, 0.4) is 0 Å². The number of carbonyl (C=O) groups is 1. The minimum Gasteiger partial charge on any atom is -0.293 e. The third-order valence-electron chi connectivity index (χ3n) is 3.85. The number of Topliss-reactive ketones (excluding diaryl/α,β-unsaturated/α-hetero) is 1. The molecule has 3 rings (SSSR count). The van der Waals surface area contributed by atoms with Gasteiger partial charge in [0.15, 0.2) is 5.78 Å². The molecule has 0 aliphatic heterocycles. The van der Waals surface area contributed by atoms with Crippen LogP contribution in [0.1, 0.15) is 40.9 Å². The lowest BCUT2D eigenvalue weighted by atomic mass is 9.99. The fraction of sp³-hybridized carbons (Fsp3) is 0.400.